The van der Waals surface area contributed by atoms with E-state index in [4.69, 9.17) is 0 Å². The van der Waals surface area contributed by atoms with Crippen LogP contribution in [0.1, 0.15) is 38.1 Å². The van der Waals surface area contributed by atoms with Crippen LogP contribution < -0.4 is 14.9 Å². The molecule has 0 saturated heterocycles. The van der Waals surface area contributed by atoms with Crippen LogP contribution >= 0.6 is 11.3 Å². The van der Waals surface area contributed by atoms with Crippen LogP contribution in [-0.2, 0) is 32.6 Å². The Bertz CT molecular complexity index is 1030. The third-order valence-corrected chi connectivity index (χ3v) is 7.48. The van der Waals surface area contributed by atoms with Gasteiger partial charge in [0.2, 0.25) is 21.8 Å². The number of carbonyl (C=O) groups is 2. The number of thiophene rings is 1. The second kappa shape index (κ2) is 8.87. The molecule has 3 rings (SSSR count). The molecule has 7 nitrogen and oxygen atoms in total. The van der Waals surface area contributed by atoms with Crippen molar-refractivity contribution >= 4 is 38.9 Å². The molecule has 162 valence electrons. The molecular weight excluding hydrogens is 422 g/mol. The van der Waals surface area contributed by atoms with E-state index in [0.29, 0.717) is 13.0 Å². The molecule has 9 heteroatoms. The Labute approximate surface area is 181 Å². The van der Waals surface area contributed by atoms with Crippen LogP contribution in [0.4, 0.5) is 5.69 Å². The van der Waals surface area contributed by atoms with Gasteiger partial charge in [-0.2, -0.15) is 4.72 Å². The Morgan fingerprint density at radius 2 is 2.00 bits per heavy atom. The SMILES string of the molecule is CC(=O)N1c2ccc(S(=O)(=O)NC(C(=O)NCc3cccs3)C(C)C)cc2CC1C. The summed E-state index contributed by atoms with van der Waals surface area (Å²) >= 11 is 1.53. The molecule has 1 aliphatic heterocycles. The first-order valence-electron chi connectivity index (χ1n) is 9.85. The standard InChI is InChI=1S/C21H27N3O4S2/c1-13(2)20(21(26)22-12-17-6-5-9-29-17)23-30(27,28)18-7-8-19-16(11-18)10-14(3)24(19)15(4)25/h5-9,11,13-14,20,23H,10,12H2,1-4H3,(H,22,26). The van der Waals surface area contributed by atoms with Crippen LogP contribution in [0.25, 0.3) is 0 Å². The predicted molar refractivity (Wildman–Crippen MR) is 118 cm³/mol. The van der Waals surface area contributed by atoms with Crippen LogP contribution in [-0.4, -0.2) is 32.3 Å². The fraction of sp³-hybridized carbons (Fsp3) is 0.429. The number of amides is 2. The summed E-state index contributed by atoms with van der Waals surface area (Å²) in [6, 6.07) is 7.64. The fourth-order valence-electron chi connectivity index (χ4n) is 3.68. The summed E-state index contributed by atoms with van der Waals surface area (Å²) in [5, 5.41) is 4.73. The van der Waals surface area contributed by atoms with Crippen LogP contribution in [0.3, 0.4) is 0 Å². The summed E-state index contributed by atoms with van der Waals surface area (Å²) in [6.07, 6.45) is 0.590. The van der Waals surface area contributed by atoms with Gasteiger partial charge in [-0.15, -0.1) is 11.3 Å². The number of nitrogens with one attached hydrogen (secondary N) is 2. The Kier molecular flexibility index (Phi) is 6.64. The number of benzene rings is 1. The molecule has 0 spiro atoms. The zero-order valence-corrected chi connectivity index (χ0v) is 19.1. The van der Waals surface area contributed by atoms with Crippen molar-refractivity contribution in [3.8, 4) is 0 Å². The van der Waals surface area contributed by atoms with Gasteiger partial charge >= 0.3 is 0 Å². The first-order chi connectivity index (χ1) is 14.1. The van der Waals surface area contributed by atoms with Gasteiger partial charge in [-0.1, -0.05) is 19.9 Å². The first-order valence-corrected chi connectivity index (χ1v) is 12.2. The number of rotatable bonds is 7. The number of hydrogen-bond donors (Lipinski definition) is 2. The molecule has 0 saturated carbocycles. The number of hydrogen-bond acceptors (Lipinski definition) is 5. The zero-order chi connectivity index (χ0) is 22.1. The Morgan fingerprint density at radius 3 is 2.60 bits per heavy atom. The van der Waals surface area contributed by atoms with E-state index >= 15 is 0 Å². The highest BCUT2D eigenvalue weighted by atomic mass is 32.2. The lowest BCUT2D eigenvalue weighted by Crippen LogP contribution is -2.49. The summed E-state index contributed by atoms with van der Waals surface area (Å²) in [5.74, 6) is -0.664. The summed E-state index contributed by atoms with van der Waals surface area (Å²) in [5.41, 5.74) is 1.55. The molecule has 1 aliphatic rings. The van der Waals surface area contributed by atoms with Gasteiger partial charge in [0.05, 0.1) is 11.4 Å². The van der Waals surface area contributed by atoms with Crippen molar-refractivity contribution in [3.63, 3.8) is 0 Å². The van der Waals surface area contributed by atoms with Crippen molar-refractivity contribution in [1.82, 2.24) is 10.0 Å². The van der Waals surface area contributed by atoms with E-state index in [1.165, 1.54) is 24.3 Å². The van der Waals surface area contributed by atoms with E-state index < -0.39 is 16.1 Å². The molecule has 2 N–H and O–H groups in total. The molecule has 0 bridgehead atoms. The van der Waals surface area contributed by atoms with Crippen molar-refractivity contribution in [3.05, 3.63) is 46.2 Å². The first kappa shape index (κ1) is 22.5. The number of sulfonamides is 1. The minimum atomic E-state index is -3.91. The molecule has 0 radical (unpaired) electrons. The monoisotopic (exact) mass is 449 g/mol. The van der Waals surface area contributed by atoms with Crippen molar-refractivity contribution in [1.29, 1.82) is 0 Å². The highest BCUT2D eigenvalue weighted by Crippen LogP contribution is 2.34. The van der Waals surface area contributed by atoms with Gasteiger partial charge in [-0.05, 0) is 54.5 Å². The van der Waals surface area contributed by atoms with Gasteiger partial charge in [0.15, 0.2) is 0 Å². The van der Waals surface area contributed by atoms with Gasteiger partial charge in [-0.3, -0.25) is 9.59 Å². The van der Waals surface area contributed by atoms with Crippen molar-refractivity contribution in [2.45, 2.75) is 57.6 Å². The molecule has 2 atom stereocenters. The van der Waals surface area contributed by atoms with E-state index in [0.717, 1.165) is 16.1 Å². The molecule has 2 amide bonds. The molecule has 1 aromatic heterocycles. The lowest BCUT2D eigenvalue weighted by atomic mass is 10.1. The number of carbonyl (C=O) groups excluding carboxylic acids is 2. The van der Waals surface area contributed by atoms with Gasteiger partial charge < -0.3 is 10.2 Å². The van der Waals surface area contributed by atoms with E-state index in [1.54, 1.807) is 30.9 Å². The van der Waals surface area contributed by atoms with Gasteiger partial charge in [-0.25, -0.2) is 8.42 Å². The number of nitrogens with zero attached hydrogens (tertiary/aromatic N) is 1. The average molecular weight is 450 g/mol. The lowest BCUT2D eigenvalue weighted by molar-refractivity contribution is -0.123. The maximum Gasteiger partial charge on any atom is 0.241 e. The minimum Gasteiger partial charge on any atom is -0.350 e. The summed E-state index contributed by atoms with van der Waals surface area (Å²) < 4.78 is 28.6. The summed E-state index contributed by atoms with van der Waals surface area (Å²) in [6.45, 7) is 7.39. The van der Waals surface area contributed by atoms with Crippen molar-refractivity contribution in [2.75, 3.05) is 4.90 Å². The van der Waals surface area contributed by atoms with Crippen molar-refractivity contribution < 1.29 is 18.0 Å². The third-order valence-electron chi connectivity index (χ3n) is 5.16. The third kappa shape index (κ3) is 4.74. The van der Waals surface area contributed by atoms with Crippen LogP contribution in [0.5, 0.6) is 0 Å². The van der Waals surface area contributed by atoms with Crippen LogP contribution in [0, 0.1) is 5.92 Å². The molecule has 30 heavy (non-hydrogen) atoms. The molecule has 0 aliphatic carbocycles. The smallest absolute Gasteiger partial charge is 0.241 e. The topological polar surface area (TPSA) is 95.6 Å². The van der Waals surface area contributed by atoms with Crippen molar-refractivity contribution in [2.24, 2.45) is 5.92 Å². The summed E-state index contributed by atoms with van der Waals surface area (Å²) in [7, 11) is -3.91. The minimum absolute atomic E-state index is 0.0187. The Balaban J connectivity index is 1.78. The van der Waals surface area contributed by atoms with Crippen LogP contribution in [0.15, 0.2) is 40.6 Å². The molecular formula is C21H27N3O4S2. The largest absolute Gasteiger partial charge is 0.350 e. The van der Waals surface area contributed by atoms with Gasteiger partial charge in [0, 0.05) is 23.5 Å². The summed E-state index contributed by atoms with van der Waals surface area (Å²) in [4.78, 5) is 27.3. The predicted octanol–water partition coefficient (Wildman–Crippen LogP) is 2.66. The second-order valence-corrected chi connectivity index (χ2v) is 10.6. The van der Waals surface area contributed by atoms with Gasteiger partial charge in [0.1, 0.15) is 6.04 Å². The Hall–Kier alpha value is -2.23. The quantitative estimate of drug-likeness (QED) is 0.679. The molecule has 1 aromatic carbocycles. The average Bonchev–Trinajstić information content (AvgIpc) is 3.29. The maximum atomic E-state index is 13.0. The highest BCUT2D eigenvalue weighted by molar-refractivity contribution is 7.89. The Morgan fingerprint density at radius 1 is 1.27 bits per heavy atom. The lowest BCUT2D eigenvalue weighted by Gasteiger charge is -2.22. The van der Waals surface area contributed by atoms with Crippen LogP contribution in [0.2, 0.25) is 0 Å². The molecule has 0 fully saturated rings. The number of anilines is 1. The van der Waals surface area contributed by atoms with E-state index in [2.05, 4.69) is 10.0 Å². The molecule has 2 heterocycles. The van der Waals surface area contributed by atoms with E-state index in [1.807, 2.05) is 24.4 Å². The molecule has 2 unspecified atom stereocenters. The van der Waals surface area contributed by atoms with E-state index in [9.17, 15) is 18.0 Å². The normalized spacial score (nSPS) is 17.1. The fourth-order valence-corrected chi connectivity index (χ4v) is 5.72. The second-order valence-electron chi connectivity index (χ2n) is 7.87. The van der Waals surface area contributed by atoms with E-state index in [-0.39, 0.29) is 28.7 Å². The maximum absolute atomic E-state index is 13.0. The molecule has 2 aromatic rings. The van der Waals surface area contributed by atoms with Gasteiger partial charge in [0.25, 0.3) is 0 Å². The number of fused-ring (bicyclic) bond motifs is 1. The zero-order valence-electron chi connectivity index (χ0n) is 17.5. The highest BCUT2D eigenvalue weighted by Gasteiger charge is 2.32.